The van der Waals surface area contributed by atoms with Gasteiger partial charge in [-0.25, -0.2) is 4.79 Å². The fourth-order valence-electron chi connectivity index (χ4n) is 0.868. The molecule has 0 aromatic rings. The molecule has 0 aromatic carbocycles. The molecule has 0 heterocycles. The highest BCUT2D eigenvalue weighted by Crippen LogP contribution is 1.94. The largest absolute Gasteiger partial charge is 0.462 e. The van der Waals surface area contributed by atoms with Crippen molar-refractivity contribution in [2.24, 2.45) is 0 Å². The molecule has 0 saturated heterocycles. The van der Waals surface area contributed by atoms with Crippen molar-refractivity contribution in [2.45, 2.75) is 40.5 Å². The van der Waals surface area contributed by atoms with Crippen molar-refractivity contribution in [1.82, 2.24) is 0 Å². The molecule has 0 amide bonds. The maximum atomic E-state index is 10.7. The molecule has 2 N–H and O–H groups in total. The van der Waals surface area contributed by atoms with Crippen molar-refractivity contribution in [2.75, 3.05) is 46.2 Å². The van der Waals surface area contributed by atoms with Gasteiger partial charge in [0.1, 0.15) is 0 Å². The number of ether oxygens (including phenoxy) is 3. The number of hydrogen-bond donors (Lipinski definition) is 2. The highest BCUT2D eigenvalue weighted by atomic mass is 16.5. The van der Waals surface area contributed by atoms with Gasteiger partial charge in [0.25, 0.3) is 0 Å². The lowest BCUT2D eigenvalue weighted by Crippen LogP contribution is -2.05. The van der Waals surface area contributed by atoms with E-state index in [0.717, 1.165) is 26.1 Å². The average Bonchev–Trinajstić information content (AvgIpc) is 2.50. The zero-order valence-corrected chi connectivity index (χ0v) is 14.6. The fraction of sp³-hybridized carbons (Fsp3) is 0.812. The van der Waals surface area contributed by atoms with E-state index in [4.69, 9.17) is 19.7 Å². The lowest BCUT2D eigenvalue weighted by molar-refractivity contribution is -0.139. The molecular weight excluding hydrogens is 288 g/mol. The third-order valence-corrected chi connectivity index (χ3v) is 1.96. The number of carbonyl (C=O) groups excluding carboxylic acids is 1. The maximum absolute atomic E-state index is 10.7. The van der Waals surface area contributed by atoms with Crippen LogP contribution in [-0.4, -0.2) is 62.4 Å². The van der Waals surface area contributed by atoms with Gasteiger partial charge in [0.2, 0.25) is 0 Å². The highest BCUT2D eigenvalue weighted by Gasteiger charge is 2.00. The summed E-state index contributed by atoms with van der Waals surface area (Å²) in [7, 11) is 0. The quantitative estimate of drug-likeness (QED) is 0.363. The molecule has 0 atom stereocenters. The lowest BCUT2D eigenvalue weighted by Gasteiger charge is -2.01. The van der Waals surface area contributed by atoms with Gasteiger partial charge in [-0.1, -0.05) is 19.9 Å². The molecule has 0 bridgehead atoms. The Morgan fingerprint density at radius 1 is 0.955 bits per heavy atom. The van der Waals surface area contributed by atoms with Gasteiger partial charge in [-0.05, 0) is 27.2 Å². The predicted molar refractivity (Wildman–Crippen MR) is 87.8 cm³/mol. The Morgan fingerprint density at radius 2 is 1.45 bits per heavy atom. The fourth-order valence-corrected chi connectivity index (χ4v) is 0.868. The van der Waals surface area contributed by atoms with Gasteiger partial charge >= 0.3 is 5.97 Å². The van der Waals surface area contributed by atoms with Crippen LogP contribution in [0.15, 0.2) is 12.2 Å². The molecule has 0 radical (unpaired) electrons. The zero-order valence-electron chi connectivity index (χ0n) is 14.6. The molecule has 0 spiro atoms. The second-order valence-electron chi connectivity index (χ2n) is 4.11. The molecule has 6 nitrogen and oxygen atoms in total. The number of hydrogen-bond acceptors (Lipinski definition) is 6. The Labute approximate surface area is 135 Å². The first-order valence-corrected chi connectivity index (χ1v) is 7.71. The third-order valence-electron chi connectivity index (χ3n) is 1.96. The van der Waals surface area contributed by atoms with E-state index < -0.39 is 0 Å². The molecule has 0 aliphatic heterocycles. The second-order valence-corrected chi connectivity index (χ2v) is 4.11. The molecule has 0 aliphatic rings. The Bertz CT molecular complexity index is 225. The minimum absolute atomic E-state index is 0.0278. The summed E-state index contributed by atoms with van der Waals surface area (Å²) in [6.07, 6.45) is 1.97. The number of esters is 1. The standard InChI is InChI=1S/C8H14O2.C4H10O3.C4H10O/c1-4-5-6-10-8(9)7(2)3;5-1-3-7-4-2-6;1-3-5-4-2/h2,4-6H2,1,3H3;5-6H,1-4H2;3-4H2,1-2H3. The van der Waals surface area contributed by atoms with Crippen LogP contribution in [-0.2, 0) is 19.0 Å². The second kappa shape index (κ2) is 25.0. The van der Waals surface area contributed by atoms with Gasteiger partial charge < -0.3 is 24.4 Å². The summed E-state index contributed by atoms with van der Waals surface area (Å²) < 4.78 is 14.3. The van der Waals surface area contributed by atoms with Crippen molar-refractivity contribution in [3.8, 4) is 0 Å². The average molecular weight is 322 g/mol. The normalized spacial score (nSPS) is 9.00. The first-order valence-electron chi connectivity index (χ1n) is 7.71. The van der Waals surface area contributed by atoms with Crippen molar-refractivity contribution < 1.29 is 29.2 Å². The van der Waals surface area contributed by atoms with Crippen molar-refractivity contribution in [3.63, 3.8) is 0 Å². The van der Waals surface area contributed by atoms with Gasteiger partial charge in [0, 0.05) is 18.8 Å². The summed E-state index contributed by atoms with van der Waals surface area (Å²) in [6.45, 7) is 14.0. The minimum atomic E-state index is -0.284. The smallest absolute Gasteiger partial charge is 0.333 e. The molecule has 22 heavy (non-hydrogen) atoms. The molecule has 0 unspecified atom stereocenters. The van der Waals surface area contributed by atoms with Crippen LogP contribution in [0.25, 0.3) is 0 Å². The van der Waals surface area contributed by atoms with Gasteiger partial charge in [-0.15, -0.1) is 0 Å². The van der Waals surface area contributed by atoms with E-state index in [0.29, 0.717) is 25.4 Å². The van der Waals surface area contributed by atoms with E-state index in [1.165, 1.54) is 0 Å². The summed E-state index contributed by atoms with van der Waals surface area (Å²) in [6, 6.07) is 0. The van der Waals surface area contributed by atoms with E-state index in [1.807, 2.05) is 13.8 Å². The Kier molecular flexibility index (Phi) is 29.6. The lowest BCUT2D eigenvalue weighted by atomic mass is 10.3. The van der Waals surface area contributed by atoms with Crippen LogP contribution in [0.3, 0.4) is 0 Å². The molecule has 0 aromatic heterocycles. The summed E-state index contributed by atoms with van der Waals surface area (Å²) in [5.74, 6) is -0.284. The molecule has 0 aliphatic carbocycles. The highest BCUT2D eigenvalue weighted by molar-refractivity contribution is 5.86. The Balaban J connectivity index is -0.000000263. The topological polar surface area (TPSA) is 85.2 Å². The Hall–Kier alpha value is -0.950. The minimum Gasteiger partial charge on any atom is -0.462 e. The predicted octanol–water partition coefficient (Wildman–Crippen LogP) is 1.94. The van der Waals surface area contributed by atoms with Crippen LogP contribution in [0.1, 0.15) is 40.5 Å². The maximum Gasteiger partial charge on any atom is 0.333 e. The SMILES string of the molecule is C=C(C)C(=O)OCCCC.CCOCC.OCCOCCO. The molecule has 0 rings (SSSR count). The van der Waals surface area contributed by atoms with Crippen LogP contribution in [0.2, 0.25) is 0 Å². The zero-order chi connectivity index (χ0) is 17.6. The van der Waals surface area contributed by atoms with Gasteiger partial charge in [-0.2, -0.15) is 0 Å². The van der Waals surface area contributed by atoms with Crippen molar-refractivity contribution in [3.05, 3.63) is 12.2 Å². The third kappa shape index (κ3) is 31.4. The van der Waals surface area contributed by atoms with Gasteiger partial charge in [0.05, 0.1) is 33.0 Å². The number of carbonyl (C=O) groups is 1. The summed E-state index contributed by atoms with van der Waals surface area (Å²) >= 11 is 0. The van der Waals surface area contributed by atoms with Crippen LogP contribution in [0.4, 0.5) is 0 Å². The summed E-state index contributed by atoms with van der Waals surface area (Å²) in [5, 5.41) is 16.2. The first kappa shape index (κ1) is 26.0. The van der Waals surface area contributed by atoms with E-state index in [9.17, 15) is 4.79 Å². The number of aliphatic hydroxyl groups is 2. The van der Waals surface area contributed by atoms with Crippen molar-refractivity contribution >= 4 is 5.97 Å². The molecule has 6 heteroatoms. The summed E-state index contributed by atoms with van der Waals surface area (Å²) in [5.41, 5.74) is 0.469. The van der Waals surface area contributed by atoms with E-state index >= 15 is 0 Å². The van der Waals surface area contributed by atoms with Crippen LogP contribution >= 0.6 is 0 Å². The van der Waals surface area contributed by atoms with Crippen LogP contribution in [0, 0.1) is 0 Å². The van der Waals surface area contributed by atoms with E-state index in [2.05, 4.69) is 18.2 Å². The van der Waals surface area contributed by atoms with Crippen LogP contribution < -0.4 is 0 Å². The molecule has 134 valence electrons. The van der Waals surface area contributed by atoms with E-state index in [1.54, 1.807) is 6.92 Å². The number of unbranched alkanes of at least 4 members (excludes halogenated alkanes) is 1. The Morgan fingerprint density at radius 3 is 1.73 bits per heavy atom. The molecule has 0 saturated carbocycles. The molecular formula is C16H34O6. The van der Waals surface area contributed by atoms with Gasteiger partial charge in [-0.3, -0.25) is 0 Å². The summed E-state index contributed by atoms with van der Waals surface area (Å²) in [4.78, 5) is 10.7. The monoisotopic (exact) mass is 322 g/mol. The number of rotatable bonds is 10. The van der Waals surface area contributed by atoms with Gasteiger partial charge in [0.15, 0.2) is 0 Å². The molecule has 0 fully saturated rings. The van der Waals surface area contributed by atoms with Crippen LogP contribution in [0.5, 0.6) is 0 Å². The van der Waals surface area contributed by atoms with E-state index in [-0.39, 0.29) is 19.2 Å². The van der Waals surface area contributed by atoms with Crippen molar-refractivity contribution in [1.29, 1.82) is 0 Å². The first-order chi connectivity index (χ1) is 10.5. The number of aliphatic hydroxyl groups excluding tert-OH is 2.